The molecule has 0 radical (unpaired) electrons. The Labute approximate surface area is 149 Å². The number of rotatable bonds is 3. The van der Waals surface area contributed by atoms with Gasteiger partial charge in [-0.1, -0.05) is 53.7 Å². The quantitative estimate of drug-likeness (QED) is 0.483. The normalized spacial score (nSPS) is 13.2. The van der Waals surface area contributed by atoms with Gasteiger partial charge in [0.25, 0.3) is 0 Å². The van der Waals surface area contributed by atoms with Gasteiger partial charge in [0.2, 0.25) is 0 Å². The molecule has 1 aliphatic carbocycles. The first kappa shape index (κ1) is 15.7. The lowest BCUT2D eigenvalue weighted by atomic mass is 10.1. The van der Waals surface area contributed by atoms with E-state index in [-0.39, 0.29) is 17.1 Å². The van der Waals surface area contributed by atoms with Crippen molar-refractivity contribution in [2.75, 3.05) is 0 Å². The Morgan fingerprint density at radius 2 is 1.48 bits per heavy atom. The van der Waals surface area contributed by atoms with Gasteiger partial charge in [-0.25, -0.2) is 0 Å². The van der Waals surface area contributed by atoms with Crippen LogP contribution in [0.3, 0.4) is 0 Å². The minimum Gasteiger partial charge on any atom is -0.450 e. The van der Waals surface area contributed by atoms with Gasteiger partial charge in [0.1, 0.15) is 5.76 Å². The smallest absolute Gasteiger partial charge is 0.197 e. The number of ketones is 2. The number of allylic oxidation sites excluding steroid dienone is 1. The van der Waals surface area contributed by atoms with Gasteiger partial charge in [0.05, 0.1) is 5.57 Å². The highest BCUT2D eigenvalue weighted by Gasteiger charge is 2.32. The van der Waals surface area contributed by atoms with Crippen molar-refractivity contribution in [3.05, 3.63) is 88.7 Å². The number of aryl methyl sites for hydroxylation is 1. The zero-order valence-electron chi connectivity index (χ0n) is 13.5. The lowest BCUT2D eigenvalue weighted by Gasteiger charge is -1.98. The highest BCUT2D eigenvalue weighted by Crippen LogP contribution is 2.32. The summed E-state index contributed by atoms with van der Waals surface area (Å²) in [5, 5.41) is 0.714. The Bertz CT molecular complexity index is 973. The van der Waals surface area contributed by atoms with Crippen LogP contribution >= 0.6 is 11.8 Å². The number of hydrogen-bond donors (Lipinski definition) is 0. The van der Waals surface area contributed by atoms with Crippen molar-refractivity contribution in [3.8, 4) is 0 Å². The molecule has 3 nitrogen and oxygen atoms in total. The number of Topliss-reactive ketones (excluding diaryl/α,β-unsaturated/α-hetero) is 2. The van der Waals surface area contributed by atoms with Crippen LogP contribution in [0.4, 0.5) is 0 Å². The number of furan rings is 1. The van der Waals surface area contributed by atoms with E-state index in [1.807, 2.05) is 37.3 Å². The standard InChI is InChI=1S/C21H14O3S/c1-13-6-9-15(10-7-13)25-19-11-8-14(24-19)12-18-20(22)16-4-2-3-5-17(16)21(18)23/h2-12H,1H3. The van der Waals surface area contributed by atoms with Crippen LogP contribution in [0.25, 0.3) is 6.08 Å². The van der Waals surface area contributed by atoms with E-state index in [9.17, 15) is 9.59 Å². The third-order valence-electron chi connectivity index (χ3n) is 4.03. The van der Waals surface area contributed by atoms with E-state index in [0.29, 0.717) is 22.0 Å². The minimum atomic E-state index is -0.246. The van der Waals surface area contributed by atoms with Gasteiger partial charge in [0, 0.05) is 16.0 Å². The maximum Gasteiger partial charge on any atom is 0.197 e. The van der Waals surface area contributed by atoms with Crippen LogP contribution in [-0.2, 0) is 0 Å². The first-order valence-electron chi connectivity index (χ1n) is 7.86. The summed E-state index contributed by atoms with van der Waals surface area (Å²) in [4.78, 5) is 25.9. The molecule has 4 rings (SSSR count). The Morgan fingerprint density at radius 3 is 2.12 bits per heavy atom. The molecule has 1 heterocycles. The maximum absolute atomic E-state index is 12.4. The molecule has 0 N–H and O–H groups in total. The molecule has 0 amide bonds. The van der Waals surface area contributed by atoms with Crippen LogP contribution in [0.15, 0.2) is 80.6 Å². The molecule has 122 valence electrons. The van der Waals surface area contributed by atoms with Gasteiger partial charge in [0.15, 0.2) is 16.7 Å². The largest absolute Gasteiger partial charge is 0.450 e. The topological polar surface area (TPSA) is 47.3 Å². The van der Waals surface area contributed by atoms with Gasteiger partial charge in [-0.05, 0) is 37.3 Å². The molecule has 0 saturated carbocycles. The fourth-order valence-corrected chi connectivity index (χ4v) is 3.51. The summed E-state index contributed by atoms with van der Waals surface area (Å²) in [5.41, 5.74) is 2.27. The van der Waals surface area contributed by atoms with Gasteiger partial charge in [-0.2, -0.15) is 0 Å². The van der Waals surface area contributed by atoms with E-state index < -0.39 is 0 Å². The summed E-state index contributed by atoms with van der Waals surface area (Å²) in [7, 11) is 0. The summed E-state index contributed by atoms with van der Waals surface area (Å²) < 4.78 is 5.76. The van der Waals surface area contributed by atoms with Crippen LogP contribution in [0.1, 0.15) is 32.0 Å². The molecule has 0 atom stereocenters. The van der Waals surface area contributed by atoms with Crippen molar-refractivity contribution in [1.29, 1.82) is 0 Å². The summed E-state index contributed by atoms with van der Waals surface area (Å²) >= 11 is 1.50. The summed E-state index contributed by atoms with van der Waals surface area (Å²) in [6.07, 6.45) is 1.53. The molecule has 3 aromatic rings. The molecule has 1 aliphatic rings. The first-order chi connectivity index (χ1) is 12.1. The van der Waals surface area contributed by atoms with Crippen molar-refractivity contribution in [2.24, 2.45) is 0 Å². The monoisotopic (exact) mass is 346 g/mol. The van der Waals surface area contributed by atoms with E-state index in [1.54, 1.807) is 30.3 Å². The zero-order valence-corrected chi connectivity index (χ0v) is 14.3. The van der Waals surface area contributed by atoms with E-state index in [2.05, 4.69) is 0 Å². The second kappa shape index (κ2) is 6.22. The van der Waals surface area contributed by atoms with Crippen LogP contribution in [0.2, 0.25) is 0 Å². The fourth-order valence-electron chi connectivity index (χ4n) is 2.74. The Morgan fingerprint density at radius 1 is 0.840 bits per heavy atom. The predicted octanol–water partition coefficient (Wildman–Crippen LogP) is 5.20. The minimum absolute atomic E-state index is 0.155. The molecule has 1 aromatic heterocycles. The number of benzene rings is 2. The molecule has 4 heteroatoms. The average molecular weight is 346 g/mol. The van der Waals surface area contributed by atoms with Crippen molar-refractivity contribution in [1.82, 2.24) is 0 Å². The SMILES string of the molecule is Cc1ccc(Sc2ccc(C=C3C(=O)c4ccccc4C3=O)o2)cc1. The lowest BCUT2D eigenvalue weighted by Crippen LogP contribution is -1.99. The third-order valence-corrected chi connectivity index (χ3v) is 4.96. The third kappa shape index (κ3) is 2.96. The highest BCUT2D eigenvalue weighted by atomic mass is 32.2. The van der Waals surface area contributed by atoms with E-state index in [0.717, 1.165) is 4.90 Å². The van der Waals surface area contributed by atoms with Crippen molar-refractivity contribution < 1.29 is 14.0 Å². The fraction of sp³-hybridized carbons (Fsp3) is 0.0476. The van der Waals surface area contributed by atoms with Crippen molar-refractivity contribution >= 4 is 29.4 Å². The Hall–Kier alpha value is -2.85. The van der Waals surface area contributed by atoms with Crippen LogP contribution in [0.5, 0.6) is 0 Å². The number of carbonyl (C=O) groups excluding carboxylic acids is 2. The summed E-state index contributed by atoms with van der Waals surface area (Å²) in [5.74, 6) is 0.00796. The molecule has 25 heavy (non-hydrogen) atoms. The molecule has 0 bridgehead atoms. The van der Waals surface area contributed by atoms with Crippen molar-refractivity contribution in [3.63, 3.8) is 0 Å². The van der Waals surface area contributed by atoms with Gasteiger partial charge in [-0.15, -0.1) is 0 Å². The van der Waals surface area contributed by atoms with E-state index in [4.69, 9.17) is 4.42 Å². The summed E-state index contributed by atoms with van der Waals surface area (Å²) in [6, 6.07) is 18.6. The molecular formula is C21H14O3S. The van der Waals surface area contributed by atoms with Crippen LogP contribution < -0.4 is 0 Å². The first-order valence-corrected chi connectivity index (χ1v) is 8.68. The van der Waals surface area contributed by atoms with Gasteiger partial charge < -0.3 is 4.42 Å². The lowest BCUT2D eigenvalue weighted by molar-refractivity contribution is 0.0990. The molecule has 0 saturated heterocycles. The zero-order chi connectivity index (χ0) is 17.4. The maximum atomic E-state index is 12.4. The number of carbonyl (C=O) groups is 2. The molecule has 0 aliphatic heterocycles. The predicted molar refractivity (Wildman–Crippen MR) is 97.1 cm³/mol. The van der Waals surface area contributed by atoms with Gasteiger partial charge in [-0.3, -0.25) is 9.59 Å². The molecule has 0 spiro atoms. The second-order valence-corrected chi connectivity index (χ2v) is 6.91. The van der Waals surface area contributed by atoms with E-state index in [1.165, 1.54) is 23.4 Å². The number of fused-ring (bicyclic) bond motifs is 1. The molecule has 2 aromatic carbocycles. The van der Waals surface area contributed by atoms with Crippen molar-refractivity contribution in [2.45, 2.75) is 16.9 Å². The average Bonchev–Trinajstić information content (AvgIpc) is 3.16. The molecule has 0 fully saturated rings. The Kier molecular flexibility index (Phi) is 3.90. The number of hydrogen-bond acceptors (Lipinski definition) is 4. The molecule has 0 unspecified atom stereocenters. The second-order valence-electron chi connectivity index (χ2n) is 5.83. The van der Waals surface area contributed by atoms with Crippen LogP contribution in [-0.4, -0.2) is 11.6 Å². The summed E-state index contributed by atoms with van der Waals surface area (Å²) in [6.45, 7) is 2.04. The van der Waals surface area contributed by atoms with E-state index >= 15 is 0 Å². The highest BCUT2D eigenvalue weighted by molar-refractivity contribution is 7.99. The molecular weight excluding hydrogens is 332 g/mol. The Balaban J connectivity index is 1.59. The van der Waals surface area contributed by atoms with Gasteiger partial charge >= 0.3 is 0 Å². The van der Waals surface area contributed by atoms with Crippen LogP contribution in [0, 0.1) is 6.92 Å².